The van der Waals surface area contributed by atoms with Crippen LogP contribution < -0.4 is 15.8 Å². The summed E-state index contributed by atoms with van der Waals surface area (Å²) in [5.41, 5.74) is 5.95. The summed E-state index contributed by atoms with van der Waals surface area (Å²) in [6, 6.07) is 6.02. The molecule has 0 saturated carbocycles. The van der Waals surface area contributed by atoms with E-state index in [4.69, 9.17) is 15.6 Å². The average Bonchev–Trinajstić information content (AvgIpc) is 2.37. The number of hydrogen-bond donors (Lipinski definition) is 3. The maximum atomic E-state index is 11.6. The van der Waals surface area contributed by atoms with Gasteiger partial charge >= 0.3 is 5.97 Å². The molecule has 0 radical (unpaired) electrons. The predicted octanol–water partition coefficient (Wildman–Crippen LogP) is 0.209. The first-order valence-electron chi connectivity index (χ1n) is 6.38. The second-order valence-corrected chi connectivity index (χ2v) is 4.54. The molecule has 0 saturated heterocycles. The number of primary amides is 1. The van der Waals surface area contributed by atoms with Crippen molar-refractivity contribution in [2.75, 3.05) is 6.61 Å². The summed E-state index contributed by atoms with van der Waals surface area (Å²) < 4.78 is 5.38. The summed E-state index contributed by atoms with van der Waals surface area (Å²) in [6.07, 6.45) is -0.462. The normalized spacial score (nSPS) is 11.5. The smallest absolute Gasteiger partial charge is 0.326 e. The van der Waals surface area contributed by atoms with E-state index in [2.05, 4.69) is 5.32 Å². The first-order valence-corrected chi connectivity index (χ1v) is 6.38. The minimum absolute atomic E-state index is 0.0174. The Bertz CT molecular complexity index is 530. The molecule has 0 aliphatic heterocycles. The van der Waals surface area contributed by atoms with Gasteiger partial charge in [0.25, 0.3) is 0 Å². The second kappa shape index (κ2) is 7.88. The Kier molecular flexibility index (Phi) is 6.19. The van der Waals surface area contributed by atoms with E-state index in [9.17, 15) is 14.4 Å². The third kappa shape index (κ3) is 6.42. The number of rotatable bonds is 8. The van der Waals surface area contributed by atoms with Crippen molar-refractivity contribution in [1.29, 1.82) is 0 Å². The number of carboxylic acids is 1. The molecule has 0 unspecified atom stereocenters. The largest absolute Gasteiger partial charge is 0.493 e. The maximum Gasteiger partial charge on any atom is 0.326 e. The van der Waals surface area contributed by atoms with Crippen molar-refractivity contribution < 1.29 is 24.2 Å². The van der Waals surface area contributed by atoms with Crippen molar-refractivity contribution >= 4 is 17.8 Å². The zero-order valence-electron chi connectivity index (χ0n) is 11.7. The number of hydrogen-bond acceptors (Lipinski definition) is 4. The molecule has 0 bridgehead atoms. The maximum absolute atomic E-state index is 11.6. The Morgan fingerprint density at radius 2 is 2.10 bits per heavy atom. The van der Waals surface area contributed by atoms with Crippen LogP contribution in [0.1, 0.15) is 18.4 Å². The first kappa shape index (κ1) is 16.5. The van der Waals surface area contributed by atoms with E-state index in [0.29, 0.717) is 5.75 Å². The summed E-state index contributed by atoms with van der Waals surface area (Å²) in [6.45, 7) is 2.03. The van der Waals surface area contributed by atoms with Crippen LogP contribution in [0.15, 0.2) is 24.3 Å². The number of carbonyl (C=O) groups is 3. The third-order valence-electron chi connectivity index (χ3n) is 2.63. The van der Waals surface area contributed by atoms with Crippen LogP contribution in [0.3, 0.4) is 0 Å². The third-order valence-corrected chi connectivity index (χ3v) is 2.63. The molecule has 7 heteroatoms. The molecule has 0 fully saturated rings. The van der Waals surface area contributed by atoms with Gasteiger partial charge in [0, 0.05) is 0 Å². The van der Waals surface area contributed by atoms with Gasteiger partial charge in [-0.2, -0.15) is 0 Å². The molecular weight excluding hydrogens is 276 g/mol. The fourth-order valence-electron chi connectivity index (χ4n) is 1.63. The average molecular weight is 294 g/mol. The SMILES string of the molecule is Cc1cccc(OCCC(=O)N[C@H](CC(N)=O)C(=O)O)c1. The Hall–Kier alpha value is -2.57. The Morgan fingerprint density at radius 3 is 2.67 bits per heavy atom. The number of amides is 2. The minimum atomic E-state index is -1.31. The van der Waals surface area contributed by atoms with Gasteiger partial charge in [-0.15, -0.1) is 0 Å². The molecule has 1 aromatic rings. The number of benzene rings is 1. The van der Waals surface area contributed by atoms with E-state index in [1.54, 1.807) is 6.07 Å². The standard InChI is InChI=1S/C14H18N2O5/c1-9-3-2-4-10(7-9)21-6-5-13(18)16-11(14(19)20)8-12(15)17/h2-4,7,11H,5-6,8H2,1H3,(H2,15,17)(H,16,18)(H,19,20)/t11-/m1/s1. The van der Waals surface area contributed by atoms with E-state index >= 15 is 0 Å². The molecular formula is C14H18N2O5. The van der Waals surface area contributed by atoms with Gasteiger partial charge in [0.1, 0.15) is 11.8 Å². The molecule has 114 valence electrons. The number of nitrogens with one attached hydrogen (secondary N) is 1. The number of ether oxygens (including phenoxy) is 1. The summed E-state index contributed by atoms with van der Waals surface area (Å²) in [5.74, 6) is -1.98. The van der Waals surface area contributed by atoms with Gasteiger partial charge in [-0.1, -0.05) is 12.1 Å². The van der Waals surface area contributed by atoms with Crippen LogP contribution in [-0.2, 0) is 14.4 Å². The number of aliphatic carboxylic acids is 1. The highest BCUT2D eigenvalue weighted by Crippen LogP contribution is 2.12. The van der Waals surface area contributed by atoms with E-state index in [1.807, 2.05) is 25.1 Å². The highest BCUT2D eigenvalue weighted by atomic mass is 16.5. The lowest BCUT2D eigenvalue weighted by Crippen LogP contribution is -2.43. The quantitative estimate of drug-likeness (QED) is 0.633. The van der Waals surface area contributed by atoms with E-state index in [0.717, 1.165) is 5.56 Å². The van der Waals surface area contributed by atoms with Crippen molar-refractivity contribution in [3.63, 3.8) is 0 Å². The molecule has 1 aromatic carbocycles. The number of carbonyl (C=O) groups excluding carboxylic acids is 2. The van der Waals surface area contributed by atoms with Gasteiger partial charge in [0.05, 0.1) is 19.4 Å². The van der Waals surface area contributed by atoms with Crippen LogP contribution in [0.2, 0.25) is 0 Å². The van der Waals surface area contributed by atoms with Crippen LogP contribution in [-0.4, -0.2) is 35.5 Å². The Labute approximate surface area is 122 Å². The zero-order valence-corrected chi connectivity index (χ0v) is 11.7. The van der Waals surface area contributed by atoms with Gasteiger partial charge < -0.3 is 20.9 Å². The zero-order chi connectivity index (χ0) is 15.8. The number of aryl methyl sites for hydroxylation is 1. The van der Waals surface area contributed by atoms with Crippen LogP contribution in [0, 0.1) is 6.92 Å². The van der Waals surface area contributed by atoms with Crippen molar-refractivity contribution in [2.24, 2.45) is 5.73 Å². The predicted molar refractivity (Wildman–Crippen MR) is 74.7 cm³/mol. The summed E-state index contributed by atoms with van der Waals surface area (Å²) in [5, 5.41) is 11.1. The molecule has 1 rings (SSSR count). The summed E-state index contributed by atoms with van der Waals surface area (Å²) in [7, 11) is 0. The summed E-state index contributed by atoms with van der Waals surface area (Å²) in [4.78, 5) is 33.1. The van der Waals surface area contributed by atoms with Crippen molar-refractivity contribution in [3.05, 3.63) is 29.8 Å². The minimum Gasteiger partial charge on any atom is -0.493 e. The molecule has 0 spiro atoms. The molecule has 0 aromatic heterocycles. The monoisotopic (exact) mass is 294 g/mol. The van der Waals surface area contributed by atoms with Gasteiger partial charge in [-0.3, -0.25) is 9.59 Å². The molecule has 0 aliphatic carbocycles. The van der Waals surface area contributed by atoms with E-state index in [-0.39, 0.29) is 13.0 Å². The topological polar surface area (TPSA) is 119 Å². The van der Waals surface area contributed by atoms with Crippen molar-refractivity contribution in [1.82, 2.24) is 5.32 Å². The molecule has 0 heterocycles. The number of nitrogens with two attached hydrogens (primary N) is 1. The van der Waals surface area contributed by atoms with Crippen LogP contribution in [0.5, 0.6) is 5.75 Å². The van der Waals surface area contributed by atoms with Crippen LogP contribution in [0.4, 0.5) is 0 Å². The van der Waals surface area contributed by atoms with Crippen LogP contribution >= 0.6 is 0 Å². The van der Waals surface area contributed by atoms with E-state index < -0.39 is 30.2 Å². The molecule has 7 nitrogen and oxygen atoms in total. The Morgan fingerprint density at radius 1 is 1.38 bits per heavy atom. The molecule has 1 atom stereocenters. The lowest BCUT2D eigenvalue weighted by molar-refractivity contribution is -0.143. The lowest BCUT2D eigenvalue weighted by atomic mass is 10.2. The van der Waals surface area contributed by atoms with Crippen molar-refractivity contribution in [3.8, 4) is 5.75 Å². The van der Waals surface area contributed by atoms with E-state index in [1.165, 1.54) is 0 Å². The summed E-state index contributed by atoms with van der Waals surface area (Å²) >= 11 is 0. The Balaban J connectivity index is 2.39. The molecule has 21 heavy (non-hydrogen) atoms. The highest BCUT2D eigenvalue weighted by Gasteiger charge is 2.21. The molecule has 4 N–H and O–H groups in total. The fourth-order valence-corrected chi connectivity index (χ4v) is 1.63. The highest BCUT2D eigenvalue weighted by molar-refractivity contribution is 5.88. The number of carboxylic acid groups (broad SMARTS) is 1. The first-order chi connectivity index (χ1) is 9.88. The van der Waals surface area contributed by atoms with Gasteiger partial charge in [0.2, 0.25) is 11.8 Å². The van der Waals surface area contributed by atoms with Gasteiger partial charge in [-0.25, -0.2) is 4.79 Å². The van der Waals surface area contributed by atoms with Gasteiger partial charge in [-0.05, 0) is 24.6 Å². The van der Waals surface area contributed by atoms with Crippen LogP contribution in [0.25, 0.3) is 0 Å². The van der Waals surface area contributed by atoms with Gasteiger partial charge in [0.15, 0.2) is 0 Å². The molecule has 0 aliphatic rings. The molecule has 2 amide bonds. The fraction of sp³-hybridized carbons (Fsp3) is 0.357. The second-order valence-electron chi connectivity index (χ2n) is 4.54. The lowest BCUT2D eigenvalue weighted by Gasteiger charge is -2.13. The van der Waals surface area contributed by atoms with Crippen molar-refractivity contribution in [2.45, 2.75) is 25.8 Å².